The number of amides is 1. The first-order valence-corrected chi connectivity index (χ1v) is 13.0. The smallest absolute Gasteiger partial charge is 0.246 e. The van der Waals surface area contributed by atoms with Gasteiger partial charge in [-0.3, -0.25) is 4.79 Å². The van der Waals surface area contributed by atoms with E-state index in [1.54, 1.807) is 10.8 Å². The summed E-state index contributed by atoms with van der Waals surface area (Å²) < 4.78 is 14.0. The second-order valence-electron chi connectivity index (χ2n) is 9.84. The maximum Gasteiger partial charge on any atom is 0.246 e. The van der Waals surface area contributed by atoms with E-state index in [0.717, 1.165) is 45.0 Å². The number of hydrogen-bond donors (Lipinski definition) is 1. The maximum absolute atomic E-state index is 12.3. The van der Waals surface area contributed by atoms with Crippen molar-refractivity contribution in [3.8, 4) is 17.2 Å². The minimum Gasteiger partial charge on any atom is -0.489 e. The summed E-state index contributed by atoms with van der Waals surface area (Å²) in [6.45, 7) is 8.08. The molecule has 0 radical (unpaired) electrons. The zero-order valence-electron chi connectivity index (χ0n) is 21.8. The normalized spacial score (nSPS) is 16.3. The first-order chi connectivity index (χ1) is 19.6. The van der Waals surface area contributed by atoms with Crippen molar-refractivity contribution in [1.82, 2.24) is 29.5 Å². The number of nitrogens with zero attached hydrogens (tertiary/aromatic N) is 7. The van der Waals surface area contributed by atoms with Gasteiger partial charge in [0.15, 0.2) is 5.65 Å². The van der Waals surface area contributed by atoms with E-state index in [2.05, 4.69) is 42.9 Å². The molecular weight excluding hydrogens is 508 g/mol. The van der Waals surface area contributed by atoms with Crippen LogP contribution in [-0.2, 0) is 4.79 Å². The lowest BCUT2D eigenvalue weighted by atomic mass is 10.1. The summed E-state index contributed by atoms with van der Waals surface area (Å²) in [6.07, 6.45) is 6.24. The molecule has 1 fully saturated rings. The lowest BCUT2D eigenvalue weighted by molar-refractivity contribution is -0.129. The summed E-state index contributed by atoms with van der Waals surface area (Å²) in [5.41, 5.74) is 4.30. The van der Waals surface area contributed by atoms with Crippen molar-refractivity contribution >= 4 is 39.6 Å². The molecule has 3 aromatic heterocycles. The lowest BCUT2D eigenvalue weighted by Crippen LogP contribution is -2.56. The number of benzene rings is 2. The Morgan fingerprint density at radius 3 is 2.92 bits per heavy atom. The molecule has 1 saturated heterocycles. The third-order valence-electron chi connectivity index (χ3n) is 7.35. The van der Waals surface area contributed by atoms with Crippen LogP contribution in [0.5, 0.6) is 17.2 Å². The van der Waals surface area contributed by atoms with E-state index < -0.39 is 0 Å². The molecule has 1 N–H and O–H groups in total. The zero-order chi connectivity index (χ0) is 27.2. The monoisotopic (exact) mass is 534 g/mol. The van der Waals surface area contributed by atoms with Crippen LogP contribution < -0.4 is 19.7 Å². The molecular formula is C29H26N8O3. The molecule has 11 nitrogen and oxygen atoms in total. The highest BCUT2D eigenvalue weighted by atomic mass is 16.5. The standard InChI is InChI=1S/C29H26N8O3/c1-3-28(38)36-9-8-35-14-20(36)15-39-26-13-23-22(12-24(26)35)29(32-16-30-23)34-19-4-5-25(18(2)10-19)40-21-6-7-37-27(11-21)31-17-33-37/h3-7,10-13,16-17,20H,1,8-9,14-15H2,2H3,(H,30,32,34). The highest BCUT2D eigenvalue weighted by Gasteiger charge is 2.34. The van der Waals surface area contributed by atoms with Gasteiger partial charge in [-0.15, -0.1) is 0 Å². The Balaban J connectivity index is 1.15. The van der Waals surface area contributed by atoms with Gasteiger partial charge in [-0.05, 0) is 48.9 Å². The van der Waals surface area contributed by atoms with Gasteiger partial charge < -0.3 is 24.6 Å². The first-order valence-electron chi connectivity index (χ1n) is 13.0. The van der Waals surface area contributed by atoms with Crippen LogP contribution in [0.2, 0.25) is 0 Å². The van der Waals surface area contributed by atoms with Crippen molar-refractivity contribution in [1.29, 1.82) is 0 Å². The van der Waals surface area contributed by atoms with E-state index in [4.69, 9.17) is 9.47 Å². The summed E-state index contributed by atoms with van der Waals surface area (Å²) in [7, 11) is 0. The van der Waals surface area contributed by atoms with E-state index in [9.17, 15) is 4.79 Å². The van der Waals surface area contributed by atoms with Crippen LogP contribution in [0.4, 0.5) is 17.2 Å². The molecule has 1 unspecified atom stereocenters. The number of nitrogens with one attached hydrogen (secondary N) is 1. The highest BCUT2D eigenvalue weighted by Crippen LogP contribution is 2.39. The summed E-state index contributed by atoms with van der Waals surface area (Å²) >= 11 is 0. The summed E-state index contributed by atoms with van der Waals surface area (Å²) in [6, 6.07) is 13.6. The SMILES string of the molecule is C=CC(=O)N1CCN2CC1COc1cc3ncnc(Nc4ccc(Oc5ccn6ncnc6c5)c(C)c4)c3cc12. The number of rotatable bonds is 5. The van der Waals surface area contributed by atoms with E-state index in [-0.39, 0.29) is 11.9 Å². The van der Waals surface area contributed by atoms with Crippen molar-refractivity contribution in [2.45, 2.75) is 13.0 Å². The average molecular weight is 535 g/mol. The number of carbonyl (C=O) groups excluding carboxylic acids is 1. The number of pyridine rings is 1. The molecule has 2 aliphatic heterocycles. The number of aromatic nitrogens is 5. The van der Waals surface area contributed by atoms with Crippen LogP contribution in [-0.4, -0.2) is 67.7 Å². The van der Waals surface area contributed by atoms with Gasteiger partial charge in [-0.1, -0.05) is 6.58 Å². The number of ether oxygens (including phenoxy) is 2. The Labute approximate surface area is 229 Å². The lowest BCUT2D eigenvalue weighted by Gasteiger charge is -2.39. The van der Waals surface area contributed by atoms with Crippen molar-refractivity contribution in [3.63, 3.8) is 0 Å². The van der Waals surface area contributed by atoms with Gasteiger partial charge in [0.25, 0.3) is 0 Å². The topological polar surface area (TPSA) is 110 Å². The predicted octanol–water partition coefficient (Wildman–Crippen LogP) is 4.11. The van der Waals surface area contributed by atoms with Crippen molar-refractivity contribution in [2.75, 3.05) is 36.5 Å². The number of aryl methyl sites for hydroxylation is 1. The molecule has 1 amide bonds. The summed E-state index contributed by atoms with van der Waals surface area (Å²) in [4.78, 5) is 29.7. The largest absolute Gasteiger partial charge is 0.489 e. The highest BCUT2D eigenvalue weighted by molar-refractivity contribution is 5.95. The molecule has 40 heavy (non-hydrogen) atoms. The third kappa shape index (κ3) is 4.21. The van der Waals surface area contributed by atoms with Crippen LogP contribution in [0.25, 0.3) is 16.6 Å². The first kappa shape index (κ1) is 23.9. The molecule has 0 aliphatic carbocycles. The number of hydrogen-bond acceptors (Lipinski definition) is 9. The number of carbonyl (C=O) groups is 1. The van der Waals surface area contributed by atoms with Crippen molar-refractivity contribution < 1.29 is 14.3 Å². The second-order valence-corrected chi connectivity index (χ2v) is 9.84. The van der Waals surface area contributed by atoms with E-state index >= 15 is 0 Å². The minimum absolute atomic E-state index is 0.0413. The molecule has 2 aromatic carbocycles. The quantitative estimate of drug-likeness (QED) is 0.333. The fourth-order valence-electron chi connectivity index (χ4n) is 5.31. The Morgan fingerprint density at radius 2 is 2.05 bits per heavy atom. The van der Waals surface area contributed by atoms with Gasteiger partial charge in [0.2, 0.25) is 5.91 Å². The fraction of sp³-hybridized carbons (Fsp3) is 0.207. The summed E-state index contributed by atoms with van der Waals surface area (Å²) in [5.74, 6) is 2.82. The van der Waals surface area contributed by atoms with Gasteiger partial charge in [-0.2, -0.15) is 5.10 Å². The maximum atomic E-state index is 12.3. The number of piperazine rings is 1. The Hall–Kier alpha value is -5.19. The van der Waals surface area contributed by atoms with Gasteiger partial charge in [0, 0.05) is 49.0 Å². The van der Waals surface area contributed by atoms with Gasteiger partial charge in [-0.25, -0.2) is 19.5 Å². The van der Waals surface area contributed by atoms with Gasteiger partial charge >= 0.3 is 0 Å². The molecule has 2 bridgehead atoms. The Kier molecular flexibility index (Phi) is 5.69. The van der Waals surface area contributed by atoms with Crippen LogP contribution in [0.15, 0.2) is 74.0 Å². The number of anilines is 3. The average Bonchev–Trinajstić information content (AvgIpc) is 3.40. The Morgan fingerprint density at radius 1 is 1.12 bits per heavy atom. The molecule has 11 heteroatoms. The van der Waals surface area contributed by atoms with Crippen LogP contribution in [0.3, 0.4) is 0 Å². The minimum atomic E-state index is -0.0650. The van der Waals surface area contributed by atoms with Crippen molar-refractivity contribution in [2.24, 2.45) is 0 Å². The van der Waals surface area contributed by atoms with Crippen LogP contribution in [0, 0.1) is 6.92 Å². The van der Waals surface area contributed by atoms with E-state index in [1.807, 2.05) is 54.4 Å². The molecule has 0 saturated carbocycles. The second kappa shape index (κ2) is 9.53. The van der Waals surface area contributed by atoms with Crippen molar-refractivity contribution in [3.05, 3.63) is 79.5 Å². The molecule has 0 spiro atoms. The Bertz CT molecular complexity index is 1780. The van der Waals surface area contributed by atoms with Gasteiger partial charge in [0.05, 0.1) is 17.2 Å². The number of fused-ring (bicyclic) bond motifs is 6. The molecule has 7 rings (SSSR count). The molecule has 1 atom stereocenters. The van der Waals surface area contributed by atoms with E-state index in [1.165, 1.54) is 12.4 Å². The fourth-order valence-corrected chi connectivity index (χ4v) is 5.31. The third-order valence-corrected chi connectivity index (χ3v) is 7.35. The van der Waals surface area contributed by atoms with Crippen LogP contribution >= 0.6 is 0 Å². The molecule has 2 aliphatic rings. The summed E-state index contributed by atoms with van der Waals surface area (Å²) in [5, 5.41) is 8.46. The molecule has 5 heterocycles. The predicted molar refractivity (Wildman–Crippen MR) is 150 cm³/mol. The molecule has 5 aromatic rings. The van der Waals surface area contributed by atoms with Gasteiger partial charge in [0.1, 0.15) is 42.3 Å². The van der Waals surface area contributed by atoms with Crippen LogP contribution in [0.1, 0.15) is 5.56 Å². The molecule has 200 valence electrons. The zero-order valence-corrected chi connectivity index (χ0v) is 21.8. The van der Waals surface area contributed by atoms with E-state index in [0.29, 0.717) is 37.8 Å².